The highest BCUT2D eigenvalue weighted by atomic mass is 16.6. The average Bonchev–Trinajstić information content (AvgIpc) is 2.41. The number of carboxylic acids is 1. The van der Waals surface area contributed by atoms with Crippen molar-refractivity contribution in [2.45, 2.75) is 25.7 Å². The molecule has 1 aromatic rings. The fourth-order valence-corrected chi connectivity index (χ4v) is 2.52. The number of hydrogen-bond donors (Lipinski definition) is 2. The number of amides is 1. The van der Waals surface area contributed by atoms with Gasteiger partial charge in [0.05, 0.1) is 11.3 Å². The third-order valence-electron chi connectivity index (χ3n) is 3.90. The fraction of sp³-hybridized carbons (Fsp3) is 0.429. The van der Waals surface area contributed by atoms with Crippen LogP contribution in [-0.4, -0.2) is 28.5 Å². The minimum Gasteiger partial charge on any atom is -0.481 e. The van der Waals surface area contributed by atoms with Crippen LogP contribution in [0.3, 0.4) is 0 Å². The number of aliphatic carboxylic acids is 1. The third kappa shape index (κ3) is 3.56. The molecule has 0 saturated heterocycles. The lowest BCUT2D eigenvalue weighted by Crippen LogP contribution is -2.43. The van der Waals surface area contributed by atoms with Gasteiger partial charge in [-0.2, -0.15) is 0 Å². The summed E-state index contributed by atoms with van der Waals surface area (Å²) in [5.41, 5.74) is -0.0966. The van der Waals surface area contributed by atoms with Crippen LogP contribution < -0.4 is 5.32 Å². The van der Waals surface area contributed by atoms with Gasteiger partial charge in [0.2, 0.25) is 0 Å². The molecule has 7 nitrogen and oxygen atoms in total. The van der Waals surface area contributed by atoms with Crippen LogP contribution in [0.25, 0.3) is 0 Å². The highest BCUT2D eigenvalue weighted by Crippen LogP contribution is 2.43. The summed E-state index contributed by atoms with van der Waals surface area (Å²) in [7, 11) is 0. The van der Waals surface area contributed by atoms with Crippen molar-refractivity contribution in [2.24, 2.45) is 5.41 Å². The Labute approximate surface area is 121 Å². The number of carboxylic acid groups (broad SMARTS) is 1. The van der Waals surface area contributed by atoms with Crippen molar-refractivity contribution in [3.8, 4) is 0 Å². The van der Waals surface area contributed by atoms with E-state index in [2.05, 4.69) is 5.32 Å². The number of rotatable bonds is 6. The Kier molecular flexibility index (Phi) is 4.21. The van der Waals surface area contributed by atoms with E-state index in [1.165, 1.54) is 24.3 Å². The Morgan fingerprint density at radius 3 is 2.33 bits per heavy atom. The highest BCUT2D eigenvalue weighted by Gasteiger charge is 2.39. The van der Waals surface area contributed by atoms with Crippen molar-refractivity contribution in [2.75, 3.05) is 6.54 Å². The van der Waals surface area contributed by atoms with Crippen LogP contribution in [0.15, 0.2) is 24.3 Å². The van der Waals surface area contributed by atoms with Crippen LogP contribution >= 0.6 is 0 Å². The van der Waals surface area contributed by atoms with Crippen molar-refractivity contribution in [1.29, 1.82) is 0 Å². The molecule has 1 saturated carbocycles. The minimum atomic E-state index is -0.862. The maximum absolute atomic E-state index is 12.0. The zero-order valence-corrected chi connectivity index (χ0v) is 11.4. The topological polar surface area (TPSA) is 110 Å². The largest absolute Gasteiger partial charge is 0.481 e. The monoisotopic (exact) mass is 292 g/mol. The molecule has 0 radical (unpaired) electrons. The molecule has 2 rings (SSSR count). The SMILES string of the molecule is O=C(O)CC1(CNC(=O)c2ccc([N+](=O)[O-])cc2)CCC1. The second-order valence-corrected chi connectivity index (χ2v) is 5.41. The van der Waals surface area contributed by atoms with Crippen molar-refractivity contribution in [3.63, 3.8) is 0 Å². The molecule has 21 heavy (non-hydrogen) atoms. The van der Waals surface area contributed by atoms with Crippen molar-refractivity contribution < 1.29 is 19.6 Å². The molecule has 112 valence electrons. The number of hydrogen-bond acceptors (Lipinski definition) is 4. The highest BCUT2D eigenvalue weighted by molar-refractivity contribution is 5.94. The molecule has 0 bridgehead atoms. The molecule has 0 unspecified atom stereocenters. The molecule has 1 fully saturated rings. The van der Waals surface area contributed by atoms with Crippen LogP contribution in [0.4, 0.5) is 5.69 Å². The van der Waals surface area contributed by atoms with Crippen LogP contribution in [0.1, 0.15) is 36.0 Å². The predicted octanol–water partition coefficient (Wildman–Crippen LogP) is 1.97. The Bertz CT molecular complexity index is 563. The number of nitrogens with zero attached hydrogens (tertiary/aromatic N) is 1. The summed E-state index contributed by atoms with van der Waals surface area (Å²) in [6.07, 6.45) is 2.61. The lowest BCUT2D eigenvalue weighted by atomic mass is 9.66. The summed E-state index contributed by atoms with van der Waals surface area (Å²) in [5.74, 6) is -1.21. The quantitative estimate of drug-likeness (QED) is 0.615. The van der Waals surface area contributed by atoms with Crippen LogP contribution in [0, 0.1) is 15.5 Å². The van der Waals surface area contributed by atoms with E-state index in [0.29, 0.717) is 12.1 Å². The van der Waals surface area contributed by atoms with Gasteiger partial charge in [-0.15, -0.1) is 0 Å². The van der Waals surface area contributed by atoms with Gasteiger partial charge in [-0.3, -0.25) is 19.7 Å². The molecule has 0 heterocycles. The molecule has 1 aliphatic rings. The molecular weight excluding hydrogens is 276 g/mol. The zero-order chi connectivity index (χ0) is 15.5. The maximum Gasteiger partial charge on any atom is 0.303 e. The maximum atomic E-state index is 12.0. The number of carbonyl (C=O) groups is 2. The van der Waals surface area contributed by atoms with E-state index in [4.69, 9.17) is 5.11 Å². The molecule has 1 aliphatic carbocycles. The smallest absolute Gasteiger partial charge is 0.303 e. The number of carbonyl (C=O) groups excluding carboxylic acids is 1. The number of nitro groups is 1. The Morgan fingerprint density at radius 1 is 1.29 bits per heavy atom. The molecule has 0 aromatic heterocycles. The molecule has 0 spiro atoms. The van der Waals surface area contributed by atoms with E-state index in [0.717, 1.165) is 19.3 Å². The van der Waals surface area contributed by atoms with Gasteiger partial charge in [-0.1, -0.05) is 6.42 Å². The first-order valence-corrected chi connectivity index (χ1v) is 6.66. The van der Waals surface area contributed by atoms with Gasteiger partial charge in [0, 0.05) is 24.2 Å². The van der Waals surface area contributed by atoms with Crippen LogP contribution in [0.2, 0.25) is 0 Å². The molecule has 1 amide bonds. The van der Waals surface area contributed by atoms with E-state index in [9.17, 15) is 19.7 Å². The van der Waals surface area contributed by atoms with E-state index >= 15 is 0 Å². The summed E-state index contributed by atoms with van der Waals surface area (Å²) in [4.78, 5) is 32.8. The number of nitrogens with one attached hydrogen (secondary N) is 1. The summed E-state index contributed by atoms with van der Waals surface area (Å²) < 4.78 is 0. The van der Waals surface area contributed by atoms with Gasteiger partial charge in [0.15, 0.2) is 0 Å². The molecule has 0 aliphatic heterocycles. The lowest BCUT2D eigenvalue weighted by Gasteiger charge is -2.40. The summed E-state index contributed by atoms with van der Waals surface area (Å²) in [6.45, 7) is 0.315. The second kappa shape index (κ2) is 5.90. The molecule has 2 N–H and O–H groups in total. The second-order valence-electron chi connectivity index (χ2n) is 5.41. The third-order valence-corrected chi connectivity index (χ3v) is 3.90. The number of non-ortho nitro benzene ring substituents is 1. The zero-order valence-electron chi connectivity index (χ0n) is 11.4. The van der Waals surface area contributed by atoms with E-state index < -0.39 is 10.9 Å². The van der Waals surface area contributed by atoms with Crippen molar-refractivity contribution in [1.82, 2.24) is 5.32 Å². The van der Waals surface area contributed by atoms with E-state index in [1.54, 1.807) is 0 Å². The summed E-state index contributed by atoms with van der Waals surface area (Å²) >= 11 is 0. The van der Waals surface area contributed by atoms with Gasteiger partial charge in [-0.25, -0.2) is 0 Å². The lowest BCUT2D eigenvalue weighted by molar-refractivity contribution is -0.384. The first kappa shape index (κ1) is 15.0. The average molecular weight is 292 g/mol. The predicted molar refractivity (Wildman–Crippen MR) is 74.0 cm³/mol. The molecule has 1 aromatic carbocycles. The van der Waals surface area contributed by atoms with Crippen LogP contribution in [0.5, 0.6) is 0 Å². The normalized spacial score (nSPS) is 15.8. The van der Waals surface area contributed by atoms with E-state index in [-0.39, 0.29) is 23.4 Å². The van der Waals surface area contributed by atoms with Gasteiger partial charge in [0.1, 0.15) is 0 Å². The number of nitro benzene ring substituents is 1. The minimum absolute atomic E-state index is 0.0491. The van der Waals surface area contributed by atoms with Gasteiger partial charge in [-0.05, 0) is 30.4 Å². The van der Waals surface area contributed by atoms with Crippen LogP contribution in [-0.2, 0) is 4.79 Å². The Hall–Kier alpha value is -2.44. The standard InChI is InChI=1S/C14H16N2O5/c17-12(18)8-14(6-1-7-14)9-15-13(19)10-2-4-11(5-3-10)16(20)21/h2-5H,1,6-9H2,(H,15,19)(H,17,18). The summed E-state index contributed by atoms with van der Waals surface area (Å²) in [6, 6.07) is 5.31. The first-order chi connectivity index (χ1) is 9.92. The number of benzene rings is 1. The fourth-order valence-electron chi connectivity index (χ4n) is 2.52. The molecular formula is C14H16N2O5. The first-order valence-electron chi connectivity index (χ1n) is 6.66. The van der Waals surface area contributed by atoms with Gasteiger partial charge in [0.25, 0.3) is 11.6 Å². The van der Waals surface area contributed by atoms with Gasteiger partial charge >= 0.3 is 5.97 Å². The molecule has 0 atom stereocenters. The summed E-state index contributed by atoms with van der Waals surface area (Å²) in [5, 5.41) is 22.2. The Morgan fingerprint density at radius 2 is 1.90 bits per heavy atom. The van der Waals surface area contributed by atoms with Gasteiger partial charge < -0.3 is 10.4 Å². The molecule has 7 heteroatoms. The van der Waals surface area contributed by atoms with Crippen molar-refractivity contribution in [3.05, 3.63) is 39.9 Å². The van der Waals surface area contributed by atoms with E-state index in [1.807, 2.05) is 0 Å². The van der Waals surface area contributed by atoms with Crippen molar-refractivity contribution >= 4 is 17.6 Å². The Balaban J connectivity index is 1.95.